The van der Waals surface area contributed by atoms with Crippen molar-refractivity contribution in [3.05, 3.63) is 47.1 Å². The molecular formula is C11H8ClFN2. The number of hydrogen-bond donors (Lipinski definition) is 0. The fourth-order valence-electron chi connectivity index (χ4n) is 1.27. The SMILES string of the molecule is Cc1ccc(-c2ncncc2Cl)cc1F. The van der Waals surface area contributed by atoms with E-state index in [0.29, 0.717) is 21.8 Å². The second-order valence-corrected chi connectivity index (χ2v) is 3.59. The molecule has 2 nitrogen and oxygen atoms in total. The van der Waals surface area contributed by atoms with Gasteiger partial charge in [-0.2, -0.15) is 0 Å². The predicted molar refractivity (Wildman–Crippen MR) is 57.2 cm³/mol. The average Bonchev–Trinajstić information content (AvgIpc) is 2.23. The number of hydrogen-bond acceptors (Lipinski definition) is 2. The van der Waals surface area contributed by atoms with E-state index in [2.05, 4.69) is 9.97 Å². The Hall–Kier alpha value is -1.48. The summed E-state index contributed by atoms with van der Waals surface area (Å²) < 4.78 is 13.3. The monoisotopic (exact) mass is 222 g/mol. The molecule has 0 bridgehead atoms. The summed E-state index contributed by atoms with van der Waals surface area (Å²) in [6.45, 7) is 1.71. The lowest BCUT2D eigenvalue weighted by molar-refractivity contribution is 0.619. The van der Waals surface area contributed by atoms with Gasteiger partial charge in [0.05, 0.1) is 10.7 Å². The van der Waals surface area contributed by atoms with Crippen LogP contribution in [0, 0.1) is 12.7 Å². The number of halogens is 2. The van der Waals surface area contributed by atoms with Gasteiger partial charge in [-0.15, -0.1) is 0 Å². The van der Waals surface area contributed by atoms with Gasteiger partial charge in [-0.1, -0.05) is 23.7 Å². The van der Waals surface area contributed by atoms with Crippen molar-refractivity contribution in [3.63, 3.8) is 0 Å². The Morgan fingerprint density at radius 1 is 1.33 bits per heavy atom. The van der Waals surface area contributed by atoms with E-state index in [-0.39, 0.29) is 5.82 Å². The summed E-state index contributed by atoms with van der Waals surface area (Å²) in [6.07, 6.45) is 2.88. The van der Waals surface area contributed by atoms with Crippen LogP contribution in [0.5, 0.6) is 0 Å². The molecule has 0 N–H and O–H groups in total. The number of aromatic nitrogens is 2. The molecule has 1 aromatic heterocycles. The Morgan fingerprint density at radius 3 is 2.80 bits per heavy atom. The molecule has 1 aromatic carbocycles. The van der Waals surface area contributed by atoms with Crippen molar-refractivity contribution in [2.45, 2.75) is 6.92 Å². The maximum Gasteiger partial charge on any atom is 0.126 e. The highest BCUT2D eigenvalue weighted by Crippen LogP contribution is 2.25. The number of nitrogens with zero attached hydrogens (tertiary/aromatic N) is 2. The molecule has 0 saturated carbocycles. The summed E-state index contributed by atoms with van der Waals surface area (Å²) >= 11 is 5.90. The molecule has 2 aromatic rings. The first-order valence-corrected chi connectivity index (χ1v) is 4.78. The fraction of sp³-hybridized carbons (Fsp3) is 0.0909. The quantitative estimate of drug-likeness (QED) is 0.740. The largest absolute Gasteiger partial charge is 0.243 e. The zero-order valence-electron chi connectivity index (χ0n) is 8.04. The Kier molecular flexibility index (Phi) is 2.64. The van der Waals surface area contributed by atoms with Gasteiger partial charge in [-0.3, -0.25) is 0 Å². The molecule has 0 atom stereocenters. The number of benzene rings is 1. The van der Waals surface area contributed by atoms with Crippen LogP contribution >= 0.6 is 11.6 Å². The Bertz CT molecular complexity index is 500. The molecule has 0 spiro atoms. The molecule has 1 heterocycles. The van der Waals surface area contributed by atoms with E-state index in [1.807, 2.05) is 0 Å². The van der Waals surface area contributed by atoms with Gasteiger partial charge in [-0.25, -0.2) is 14.4 Å². The highest BCUT2D eigenvalue weighted by Gasteiger charge is 2.06. The van der Waals surface area contributed by atoms with Crippen LogP contribution in [0.25, 0.3) is 11.3 Å². The number of rotatable bonds is 1. The molecule has 76 valence electrons. The van der Waals surface area contributed by atoms with E-state index in [0.717, 1.165) is 0 Å². The normalized spacial score (nSPS) is 10.3. The van der Waals surface area contributed by atoms with Gasteiger partial charge in [0.25, 0.3) is 0 Å². The summed E-state index contributed by atoms with van der Waals surface area (Å²) in [6, 6.07) is 4.90. The smallest absolute Gasteiger partial charge is 0.126 e. The summed E-state index contributed by atoms with van der Waals surface area (Å²) in [7, 11) is 0. The van der Waals surface area contributed by atoms with E-state index in [1.54, 1.807) is 19.1 Å². The number of aryl methyl sites for hydroxylation is 1. The molecular weight excluding hydrogens is 215 g/mol. The van der Waals surface area contributed by atoms with Gasteiger partial charge in [0.1, 0.15) is 12.1 Å². The Balaban J connectivity index is 2.55. The van der Waals surface area contributed by atoms with E-state index in [1.165, 1.54) is 18.6 Å². The molecule has 0 saturated heterocycles. The second-order valence-electron chi connectivity index (χ2n) is 3.18. The van der Waals surface area contributed by atoms with Crippen LogP contribution in [-0.4, -0.2) is 9.97 Å². The van der Waals surface area contributed by atoms with Crippen molar-refractivity contribution >= 4 is 11.6 Å². The van der Waals surface area contributed by atoms with Gasteiger partial charge in [0, 0.05) is 11.8 Å². The highest BCUT2D eigenvalue weighted by atomic mass is 35.5. The second kappa shape index (κ2) is 3.95. The van der Waals surface area contributed by atoms with Crippen LogP contribution in [0.1, 0.15) is 5.56 Å². The average molecular weight is 223 g/mol. The summed E-state index contributed by atoms with van der Waals surface area (Å²) in [5.74, 6) is -0.262. The van der Waals surface area contributed by atoms with Crippen LogP contribution in [0.2, 0.25) is 5.02 Å². The Labute approximate surface area is 91.8 Å². The van der Waals surface area contributed by atoms with E-state index < -0.39 is 0 Å². The van der Waals surface area contributed by atoms with Crippen LogP contribution in [-0.2, 0) is 0 Å². The van der Waals surface area contributed by atoms with Crippen molar-refractivity contribution in [3.8, 4) is 11.3 Å². The topological polar surface area (TPSA) is 25.8 Å². The first kappa shape index (κ1) is 10.1. The van der Waals surface area contributed by atoms with Crippen LogP contribution < -0.4 is 0 Å². The first-order chi connectivity index (χ1) is 7.18. The molecule has 0 aliphatic rings. The molecule has 4 heteroatoms. The third-order valence-corrected chi connectivity index (χ3v) is 2.39. The summed E-state index contributed by atoms with van der Waals surface area (Å²) in [4.78, 5) is 7.78. The standard InChI is InChI=1S/C11H8ClFN2/c1-7-2-3-8(4-10(7)13)11-9(12)5-14-6-15-11/h2-6H,1H3. The zero-order valence-corrected chi connectivity index (χ0v) is 8.79. The lowest BCUT2D eigenvalue weighted by atomic mass is 10.1. The van der Waals surface area contributed by atoms with Crippen molar-refractivity contribution in [2.24, 2.45) is 0 Å². The van der Waals surface area contributed by atoms with E-state index in [4.69, 9.17) is 11.6 Å². The minimum absolute atomic E-state index is 0.262. The predicted octanol–water partition coefficient (Wildman–Crippen LogP) is 3.24. The fourth-order valence-corrected chi connectivity index (χ4v) is 1.48. The minimum Gasteiger partial charge on any atom is -0.243 e. The van der Waals surface area contributed by atoms with Gasteiger partial charge in [0.15, 0.2) is 0 Å². The van der Waals surface area contributed by atoms with E-state index in [9.17, 15) is 4.39 Å². The molecule has 0 aliphatic carbocycles. The molecule has 0 aliphatic heterocycles. The summed E-state index contributed by atoms with van der Waals surface area (Å²) in [5.41, 5.74) is 1.81. The maximum absolute atomic E-state index is 13.3. The van der Waals surface area contributed by atoms with Gasteiger partial charge in [0.2, 0.25) is 0 Å². The molecule has 2 rings (SSSR count). The van der Waals surface area contributed by atoms with Crippen LogP contribution in [0.15, 0.2) is 30.7 Å². The summed E-state index contributed by atoms with van der Waals surface area (Å²) in [5, 5.41) is 0.417. The van der Waals surface area contributed by atoms with Crippen molar-refractivity contribution < 1.29 is 4.39 Å². The van der Waals surface area contributed by atoms with Crippen LogP contribution in [0.4, 0.5) is 4.39 Å². The van der Waals surface area contributed by atoms with Gasteiger partial charge < -0.3 is 0 Å². The Morgan fingerprint density at radius 2 is 2.13 bits per heavy atom. The van der Waals surface area contributed by atoms with Crippen molar-refractivity contribution in [1.82, 2.24) is 9.97 Å². The van der Waals surface area contributed by atoms with E-state index >= 15 is 0 Å². The van der Waals surface area contributed by atoms with Crippen molar-refractivity contribution in [1.29, 1.82) is 0 Å². The van der Waals surface area contributed by atoms with Gasteiger partial charge in [-0.05, 0) is 18.6 Å². The lowest BCUT2D eigenvalue weighted by Gasteiger charge is -2.03. The molecule has 15 heavy (non-hydrogen) atoms. The molecule has 0 fully saturated rings. The third kappa shape index (κ3) is 1.97. The maximum atomic E-state index is 13.3. The third-order valence-electron chi connectivity index (χ3n) is 2.11. The first-order valence-electron chi connectivity index (χ1n) is 4.40. The zero-order chi connectivity index (χ0) is 10.8. The minimum atomic E-state index is -0.262. The molecule has 0 radical (unpaired) electrons. The lowest BCUT2D eigenvalue weighted by Crippen LogP contribution is -1.89. The molecule has 0 unspecified atom stereocenters. The van der Waals surface area contributed by atoms with Crippen molar-refractivity contribution in [2.75, 3.05) is 0 Å². The molecule has 0 amide bonds. The van der Waals surface area contributed by atoms with Gasteiger partial charge >= 0.3 is 0 Å². The highest BCUT2D eigenvalue weighted by molar-refractivity contribution is 6.32. The van der Waals surface area contributed by atoms with Crippen LogP contribution in [0.3, 0.4) is 0 Å².